The zero-order chi connectivity index (χ0) is 15.3. The van der Waals surface area contributed by atoms with Crippen LogP contribution in [0.25, 0.3) is 0 Å². The molecule has 0 spiro atoms. The summed E-state index contributed by atoms with van der Waals surface area (Å²) in [6.45, 7) is 0. The zero-order valence-corrected chi connectivity index (χ0v) is 10.7. The normalized spacial score (nSPS) is 26.4. The molecule has 3 nitrogen and oxygen atoms in total. The third-order valence-electron chi connectivity index (χ3n) is 2.56. The quantitative estimate of drug-likeness (QED) is 0.486. The minimum Gasteiger partial charge on any atom is -0.348 e. The molecule has 1 N–H and O–H groups in total. The van der Waals surface area contributed by atoms with E-state index in [4.69, 9.17) is 23.2 Å². The van der Waals surface area contributed by atoms with Gasteiger partial charge in [-0.3, -0.25) is 0 Å². The van der Waals surface area contributed by atoms with Gasteiger partial charge < -0.3 is 9.94 Å². The Morgan fingerprint density at radius 1 is 1.25 bits per heavy atom. The molecule has 0 saturated carbocycles. The summed E-state index contributed by atoms with van der Waals surface area (Å²) in [7, 11) is 0. The summed E-state index contributed by atoms with van der Waals surface area (Å²) in [5.41, 5.74) is -1.48. The molecular weight excluding hydrogens is 332 g/mol. The zero-order valence-electron chi connectivity index (χ0n) is 9.18. The van der Waals surface area contributed by atoms with Crippen LogP contribution in [-0.4, -0.2) is 28.2 Å². The number of oxime groups is 1. The van der Waals surface area contributed by atoms with Gasteiger partial charge in [-0.2, -0.15) is 13.2 Å². The molecule has 10 heteroatoms. The molecule has 0 fully saturated rings. The lowest BCUT2D eigenvalue weighted by molar-refractivity contribution is -0.353. The molecule has 1 aromatic carbocycles. The standard InChI is InChI=1S/C10H4Cl2F5NO2/c11-4-2-5(13)3(1-6(4)14)7-8(12)9(19,20-18-7)10(15,16)17/h1-2,8,19H. The molecular formula is C10H4Cl2F5NO2. The highest BCUT2D eigenvalue weighted by atomic mass is 35.5. The Kier molecular flexibility index (Phi) is 3.60. The highest BCUT2D eigenvalue weighted by Gasteiger charge is 2.66. The molecule has 1 heterocycles. The van der Waals surface area contributed by atoms with Crippen molar-refractivity contribution in [3.63, 3.8) is 0 Å². The molecule has 0 bridgehead atoms. The molecule has 1 aromatic rings. The second-order valence-electron chi connectivity index (χ2n) is 3.87. The van der Waals surface area contributed by atoms with Crippen molar-refractivity contribution in [2.45, 2.75) is 17.3 Å². The topological polar surface area (TPSA) is 41.8 Å². The van der Waals surface area contributed by atoms with E-state index in [1.807, 2.05) is 0 Å². The van der Waals surface area contributed by atoms with Gasteiger partial charge in [-0.15, -0.1) is 11.6 Å². The Balaban J connectivity index is 2.45. The van der Waals surface area contributed by atoms with Crippen molar-refractivity contribution in [1.29, 1.82) is 0 Å². The van der Waals surface area contributed by atoms with Crippen LogP contribution in [0.2, 0.25) is 5.02 Å². The van der Waals surface area contributed by atoms with Crippen LogP contribution in [0.1, 0.15) is 5.56 Å². The van der Waals surface area contributed by atoms with Crippen LogP contribution in [-0.2, 0) is 4.84 Å². The molecule has 2 atom stereocenters. The SMILES string of the molecule is OC1(C(F)(F)F)ON=C(c2cc(F)c(Cl)cc2F)C1Cl. The van der Waals surface area contributed by atoms with E-state index in [1.54, 1.807) is 0 Å². The number of hydrogen-bond acceptors (Lipinski definition) is 3. The first-order valence-corrected chi connectivity index (χ1v) is 5.73. The lowest BCUT2D eigenvalue weighted by atomic mass is 10.0. The van der Waals surface area contributed by atoms with E-state index < -0.39 is 45.3 Å². The van der Waals surface area contributed by atoms with Crippen molar-refractivity contribution in [2.24, 2.45) is 5.16 Å². The summed E-state index contributed by atoms with van der Waals surface area (Å²) in [5.74, 6) is -6.06. The summed E-state index contributed by atoms with van der Waals surface area (Å²) < 4.78 is 64.7. The number of alkyl halides is 4. The maximum atomic E-state index is 13.6. The van der Waals surface area contributed by atoms with E-state index in [-0.39, 0.29) is 0 Å². The van der Waals surface area contributed by atoms with E-state index in [0.717, 1.165) is 0 Å². The predicted molar refractivity (Wildman–Crippen MR) is 59.6 cm³/mol. The molecule has 0 amide bonds. The van der Waals surface area contributed by atoms with Crippen molar-refractivity contribution in [2.75, 3.05) is 0 Å². The van der Waals surface area contributed by atoms with Crippen molar-refractivity contribution >= 4 is 28.9 Å². The van der Waals surface area contributed by atoms with Gasteiger partial charge in [0, 0.05) is 5.56 Å². The Bertz CT molecular complexity index is 592. The molecule has 1 aliphatic rings. The van der Waals surface area contributed by atoms with Gasteiger partial charge in [-0.1, -0.05) is 16.8 Å². The van der Waals surface area contributed by atoms with E-state index in [9.17, 15) is 27.1 Å². The van der Waals surface area contributed by atoms with Gasteiger partial charge in [0.2, 0.25) is 0 Å². The summed E-state index contributed by atoms with van der Waals surface area (Å²) in [5, 5.41) is 9.38. The molecule has 0 radical (unpaired) electrons. The highest BCUT2D eigenvalue weighted by Crippen LogP contribution is 2.42. The molecule has 0 saturated heterocycles. The third-order valence-corrected chi connectivity index (χ3v) is 3.35. The summed E-state index contributed by atoms with van der Waals surface area (Å²) >= 11 is 10.7. The Morgan fingerprint density at radius 2 is 1.85 bits per heavy atom. The van der Waals surface area contributed by atoms with E-state index >= 15 is 0 Å². The number of halogens is 7. The van der Waals surface area contributed by atoms with Gasteiger partial charge in [0.15, 0.2) is 5.38 Å². The third kappa shape index (κ3) is 2.21. The average molecular weight is 336 g/mol. The van der Waals surface area contributed by atoms with Crippen LogP contribution >= 0.6 is 23.2 Å². The minimum atomic E-state index is -5.27. The fourth-order valence-corrected chi connectivity index (χ4v) is 1.97. The number of aliphatic hydroxyl groups is 1. The van der Waals surface area contributed by atoms with E-state index in [1.165, 1.54) is 0 Å². The largest absolute Gasteiger partial charge is 0.459 e. The first-order valence-electron chi connectivity index (χ1n) is 4.92. The minimum absolute atomic E-state index is 0.511. The Labute approximate surface area is 118 Å². The van der Waals surface area contributed by atoms with Crippen LogP contribution < -0.4 is 0 Å². The van der Waals surface area contributed by atoms with Crippen LogP contribution in [0.3, 0.4) is 0 Å². The monoisotopic (exact) mass is 335 g/mol. The molecule has 2 unspecified atom stereocenters. The molecule has 0 aromatic heterocycles. The molecule has 2 rings (SSSR count). The van der Waals surface area contributed by atoms with Gasteiger partial charge in [0.05, 0.1) is 5.02 Å². The second kappa shape index (κ2) is 4.71. The maximum Gasteiger partial charge on any atom is 0.459 e. The predicted octanol–water partition coefficient (Wildman–Crippen LogP) is 3.21. The van der Waals surface area contributed by atoms with Gasteiger partial charge in [-0.25, -0.2) is 8.78 Å². The van der Waals surface area contributed by atoms with Crippen LogP contribution in [0.4, 0.5) is 22.0 Å². The van der Waals surface area contributed by atoms with Crippen molar-refractivity contribution in [3.05, 3.63) is 34.4 Å². The number of rotatable bonds is 1. The number of nitrogens with zero attached hydrogens (tertiary/aromatic N) is 1. The second-order valence-corrected chi connectivity index (χ2v) is 4.71. The van der Waals surface area contributed by atoms with Crippen LogP contribution in [0.15, 0.2) is 17.3 Å². The average Bonchev–Trinajstić information content (AvgIpc) is 2.62. The number of hydrogen-bond donors (Lipinski definition) is 1. The van der Waals surface area contributed by atoms with Gasteiger partial charge in [-0.05, 0) is 12.1 Å². The van der Waals surface area contributed by atoms with Crippen molar-refractivity contribution in [1.82, 2.24) is 0 Å². The molecule has 20 heavy (non-hydrogen) atoms. The van der Waals surface area contributed by atoms with E-state index in [2.05, 4.69) is 9.99 Å². The summed E-state index contributed by atoms with van der Waals surface area (Å²) in [6.07, 6.45) is -5.27. The maximum absolute atomic E-state index is 13.6. The lowest BCUT2D eigenvalue weighted by Crippen LogP contribution is -2.53. The fourth-order valence-electron chi connectivity index (χ4n) is 1.50. The number of benzene rings is 1. The summed E-state index contributed by atoms with van der Waals surface area (Å²) in [6, 6.07) is 1.06. The lowest BCUT2D eigenvalue weighted by Gasteiger charge is -2.25. The van der Waals surface area contributed by atoms with E-state index in [0.29, 0.717) is 12.1 Å². The van der Waals surface area contributed by atoms with Gasteiger partial charge in [0.25, 0.3) is 0 Å². The Morgan fingerprint density at radius 3 is 2.35 bits per heavy atom. The Hall–Kier alpha value is -1.12. The summed E-state index contributed by atoms with van der Waals surface area (Å²) in [4.78, 5) is 3.87. The molecule has 1 aliphatic heterocycles. The van der Waals surface area contributed by atoms with Gasteiger partial charge >= 0.3 is 12.0 Å². The van der Waals surface area contributed by atoms with Crippen LogP contribution in [0, 0.1) is 11.6 Å². The highest BCUT2D eigenvalue weighted by molar-refractivity contribution is 6.36. The first kappa shape index (κ1) is 15.3. The van der Waals surface area contributed by atoms with Crippen molar-refractivity contribution in [3.8, 4) is 0 Å². The van der Waals surface area contributed by atoms with Crippen molar-refractivity contribution < 1.29 is 31.9 Å². The van der Waals surface area contributed by atoms with Crippen LogP contribution in [0.5, 0.6) is 0 Å². The molecule has 110 valence electrons. The first-order chi connectivity index (χ1) is 9.08. The molecule has 0 aliphatic carbocycles. The smallest absolute Gasteiger partial charge is 0.348 e. The van der Waals surface area contributed by atoms with Gasteiger partial charge in [0.1, 0.15) is 17.3 Å². The fraction of sp³-hybridized carbons (Fsp3) is 0.300.